The van der Waals surface area contributed by atoms with Crippen LogP contribution in [0.4, 0.5) is 4.39 Å². The molecule has 122 valence electrons. The summed E-state index contributed by atoms with van der Waals surface area (Å²) < 4.78 is 15.6. The first-order valence-electron chi connectivity index (χ1n) is 7.84. The Labute approximate surface area is 144 Å². The zero-order valence-corrected chi connectivity index (χ0v) is 14.6. The molecule has 1 fully saturated rings. The molecule has 0 amide bonds. The third-order valence-corrected chi connectivity index (χ3v) is 5.30. The van der Waals surface area contributed by atoms with Crippen LogP contribution in [-0.4, -0.2) is 16.9 Å². The molecule has 0 unspecified atom stereocenters. The Morgan fingerprint density at radius 1 is 1.30 bits per heavy atom. The summed E-state index contributed by atoms with van der Waals surface area (Å²) in [6.45, 7) is 1.97. The van der Waals surface area contributed by atoms with Gasteiger partial charge in [-0.15, -0.1) is 11.3 Å². The average molecular weight is 352 g/mol. The minimum atomic E-state index is -0.375. The van der Waals surface area contributed by atoms with Crippen LogP contribution in [0.2, 0.25) is 5.02 Å². The smallest absolute Gasteiger partial charge is 0.206 e. The van der Waals surface area contributed by atoms with Gasteiger partial charge in [-0.05, 0) is 31.9 Å². The van der Waals surface area contributed by atoms with E-state index in [1.54, 1.807) is 28.1 Å². The van der Waals surface area contributed by atoms with Crippen molar-refractivity contribution in [2.24, 2.45) is 10.1 Å². The van der Waals surface area contributed by atoms with Gasteiger partial charge in [-0.2, -0.15) is 5.10 Å². The van der Waals surface area contributed by atoms with E-state index in [-0.39, 0.29) is 5.82 Å². The van der Waals surface area contributed by atoms with Crippen molar-refractivity contribution < 1.29 is 4.39 Å². The predicted molar refractivity (Wildman–Crippen MR) is 93.9 cm³/mol. The van der Waals surface area contributed by atoms with Crippen molar-refractivity contribution >= 4 is 29.2 Å². The van der Waals surface area contributed by atoms with Crippen molar-refractivity contribution in [2.75, 3.05) is 0 Å². The Bertz CT molecular complexity index is 752. The first-order chi connectivity index (χ1) is 11.1. The number of rotatable bonds is 3. The lowest BCUT2D eigenvalue weighted by atomic mass is 9.96. The molecule has 0 atom stereocenters. The van der Waals surface area contributed by atoms with E-state index in [4.69, 9.17) is 16.6 Å². The topological polar surface area (TPSA) is 29.6 Å². The van der Waals surface area contributed by atoms with E-state index >= 15 is 0 Å². The van der Waals surface area contributed by atoms with E-state index in [9.17, 15) is 4.39 Å². The third-order valence-electron chi connectivity index (χ3n) is 4.02. The second-order valence-electron chi connectivity index (χ2n) is 5.77. The molecule has 1 aromatic heterocycles. The summed E-state index contributed by atoms with van der Waals surface area (Å²) in [7, 11) is 0. The molecule has 1 heterocycles. The maximum atomic E-state index is 13.8. The van der Waals surface area contributed by atoms with Crippen LogP contribution >= 0.6 is 22.9 Å². The van der Waals surface area contributed by atoms with E-state index in [0.717, 1.165) is 23.3 Å². The zero-order valence-electron chi connectivity index (χ0n) is 13.0. The van der Waals surface area contributed by atoms with Crippen LogP contribution in [0, 0.1) is 12.7 Å². The lowest BCUT2D eigenvalue weighted by molar-refractivity contribution is 0.435. The number of thiazole rings is 1. The molecule has 0 saturated heterocycles. The molecule has 3 rings (SSSR count). The summed E-state index contributed by atoms with van der Waals surface area (Å²) in [6, 6.07) is 5.00. The largest absolute Gasteiger partial charge is 0.254 e. The first-order valence-corrected chi connectivity index (χ1v) is 9.10. The van der Waals surface area contributed by atoms with Crippen molar-refractivity contribution in [1.82, 2.24) is 4.68 Å². The number of aromatic nitrogens is 1. The van der Waals surface area contributed by atoms with E-state index in [2.05, 4.69) is 5.10 Å². The molecule has 0 spiro atoms. The minimum Gasteiger partial charge on any atom is -0.254 e. The highest BCUT2D eigenvalue weighted by Crippen LogP contribution is 2.20. The molecule has 3 nitrogen and oxygen atoms in total. The molecule has 0 aliphatic heterocycles. The van der Waals surface area contributed by atoms with E-state index < -0.39 is 0 Å². The zero-order chi connectivity index (χ0) is 16.2. The third kappa shape index (κ3) is 3.90. The molecule has 1 aliphatic rings. The van der Waals surface area contributed by atoms with Crippen molar-refractivity contribution in [3.63, 3.8) is 0 Å². The SMILES string of the molecule is Cc1csc(=NC2CCCCC2)n1N=Cc1c(F)cccc1Cl. The molecule has 0 bridgehead atoms. The molecule has 1 saturated carbocycles. The summed E-state index contributed by atoms with van der Waals surface area (Å²) >= 11 is 7.61. The number of nitrogens with zero attached hydrogens (tertiary/aromatic N) is 3. The summed E-state index contributed by atoms with van der Waals surface area (Å²) in [5.74, 6) is -0.375. The molecular weight excluding hydrogens is 333 g/mol. The molecule has 1 aromatic carbocycles. The van der Waals surface area contributed by atoms with Gasteiger partial charge in [0.25, 0.3) is 0 Å². The summed E-state index contributed by atoms with van der Waals surface area (Å²) in [5, 5.41) is 6.78. The molecule has 6 heteroatoms. The van der Waals surface area contributed by atoms with Gasteiger partial charge in [-0.3, -0.25) is 4.99 Å². The summed E-state index contributed by atoms with van der Waals surface area (Å²) in [6.07, 6.45) is 7.54. The molecule has 23 heavy (non-hydrogen) atoms. The number of benzene rings is 1. The second kappa shape index (κ2) is 7.41. The Morgan fingerprint density at radius 3 is 2.83 bits per heavy atom. The minimum absolute atomic E-state index is 0.302. The quantitative estimate of drug-likeness (QED) is 0.713. The molecule has 0 radical (unpaired) electrons. The molecular formula is C17H19ClFN3S. The monoisotopic (exact) mass is 351 g/mol. The van der Waals surface area contributed by atoms with Crippen molar-refractivity contribution in [3.05, 3.63) is 50.5 Å². The fourth-order valence-electron chi connectivity index (χ4n) is 2.73. The maximum absolute atomic E-state index is 13.8. The van der Waals surface area contributed by atoms with E-state index in [1.165, 1.54) is 31.5 Å². The van der Waals surface area contributed by atoms with Crippen molar-refractivity contribution in [1.29, 1.82) is 0 Å². The van der Waals surface area contributed by atoms with Gasteiger partial charge < -0.3 is 0 Å². The molecule has 2 aromatic rings. The van der Waals surface area contributed by atoms with E-state index in [1.807, 2.05) is 12.3 Å². The van der Waals surface area contributed by atoms with Gasteiger partial charge in [-0.1, -0.05) is 36.9 Å². The van der Waals surface area contributed by atoms with Gasteiger partial charge in [0, 0.05) is 10.9 Å². The number of aryl methyl sites for hydroxylation is 1. The highest BCUT2D eigenvalue weighted by atomic mass is 35.5. The Hall–Kier alpha value is -1.46. The second-order valence-corrected chi connectivity index (χ2v) is 7.02. The van der Waals surface area contributed by atoms with Crippen LogP contribution in [0.5, 0.6) is 0 Å². The van der Waals surface area contributed by atoms with Crippen LogP contribution in [0.3, 0.4) is 0 Å². The Balaban J connectivity index is 1.92. The fraction of sp³-hybridized carbons (Fsp3) is 0.412. The van der Waals surface area contributed by atoms with Crippen LogP contribution < -0.4 is 4.80 Å². The number of hydrogen-bond donors (Lipinski definition) is 0. The normalized spacial score (nSPS) is 17.3. The lowest BCUT2D eigenvalue weighted by Gasteiger charge is -2.16. The van der Waals surface area contributed by atoms with Gasteiger partial charge in [0.05, 0.1) is 23.0 Å². The summed E-state index contributed by atoms with van der Waals surface area (Å²) in [4.78, 5) is 5.70. The summed E-state index contributed by atoms with van der Waals surface area (Å²) in [5.41, 5.74) is 1.28. The predicted octanol–water partition coefficient (Wildman–Crippen LogP) is 4.77. The molecule has 0 N–H and O–H groups in total. The first kappa shape index (κ1) is 16.4. The van der Waals surface area contributed by atoms with Crippen LogP contribution in [0.15, 0.2) is 33.7 Å². The van der Waals surface area contributed by atoms with Gasteiger partial charge in [-0.25, -0.2) is 9.07 Å². The highest BCUT2D eigenvalue weighted by molar-refractivity contribution is 7.07. The van der Waals surface area contributed by atoms with Gasteiger partial charge >= 0.3 is 0 Å². The lowest BCUT2D eigenvalue weighted by Crippen LogP contribution is -2.19. The van der Waals surface area contributed by atoms with Gasteiger partial charge in [0.2, 0.25) is 4.80 Å². The Kier molecular flexibility index (Phi) is 5.28. The van der Waals surface area contributed by atoms with Crippen LogP contribution in [0.25, 0.3) is 0 Å². The average Bonchev–Trinajstić information content (AvgIpc) is 2.88. The van der Waals surface area contributed by atoms with Crippen molar-refractivity contribution in [2.45, 2.75) is 45.1 Å². The van der Waals surface area contributed by atoms with Gasteiger partial charge in [0.1, 0.15) is 5.82 Å². The van der Waals surface area contributed by atoms with E-state index in [0.29, 0.717) is 16.6 Å². The van der Waals surface area contributed by atoms with Crippen LogP contribution in [0.1, 0.15) is 43.4 Å². The maximum Gasteiger partial charge on any atom is 0.206 e. The number of halogens is 2. The highest BCUT2D eigenvalue weighted by Gasteiger charge is 2.12. The number of hydrogen-bond acceptors (Lipinski definition) is 3. The fourth-order valence-corrected chi connectivity index (χ4v) is 3.82. The standard InChI is InChI=1S/C17H19ClFN3S/c1-12-11-23-17(21-13-6-3-2-4-7-13)22(12)20-10-14-15(18)8-5-9-16(14)19/h5,8-11,13H,2-4,6-7H2,1H3. The van der Waals surface area contributed by atoms with Crippen LogP contribution in [-0.2, 0) is 0 Å². The van der Waals surface area contributed by atoms with Crippen molar-refractivity contribution in [3.8, 4) is 0 Å². The van der Waals surface area contributed by atoms with Gasteiger partial charge in [0.15, 0.2) is 0 Å². The Morgan fingerprint density at radius 2 is 2.09 bits per heavy atom. The molecule has 1 aliphatic carbocycles.